The van der Waals surface area contributed by atoms with E-state index in [2.05, 4.69) is 62.0 Å². The van der Waals surface area contributed by atoms with Crippen LogP contribution in [0.3, 0.4) is 0 Å². The van der Waals surface area contributed by atoms with Gasteiger partial charge in [0.05, 0.1) is 17.8 Å². The molecule has 41 heavy (non-hydrogen) atoms. The lowest BCUT2D eigenvalue weighted by molar-refractivity contribution is -0.132. The lowest BCUT2D eigenvalue weighted by Crippen LogP contribution is -2.45. The van der Waals surface area contributed by atoms with Crippen LogP contribution in [0, 0.1) is 23.7 Å². The minimum atomic E-state index is 0.295. The van der Waals surface area contributed by atoms with Gasteiger partial charge in [-0.15, -0.1) is 0 Å². The zero-order valence-corrected chi connectivity index (χ0v) is 26.3. The SMILES string of the molecule is CCCN=CC(C)C=C(C)C1CCCN(C(=O)CCC2=NC3CC(C)C3C3=C2C(=NC2CCCCC2)C=CCC3)C1. The molecular weight excluding hydrogens is 504 g/mol. The molecule has 5 heteroatoms. The molecule has 0 aromatic rings. The Morgan fingerprint density at radius 1 is 1.20 bits per heavy atom. The van der Waals surface area contributed by atoms with E-state index in [0.29, 0.717) is 48.1 Å². The van der Waals surface area contributed by atoms with Crippen LogP contribution in [-0.4, -0.2) is 60.2 Å². The van der Waals surface area contributed by atoms with Gasteiger partial charge in [-0.25, -0.2) is 0 Å². The van der Waals surface area contributed by atoms with Crippen LogP contribution in [0.4, 0.5) is 0 Å². The molecule has 3 fully saturated rings. The summed E-state index contributed by atoms with van der Waals surface area (Å²) in [4.78, 5) is 31.0. The summed E-state index contributed by atoms with van der Waals surface area (Å²) in [5.41, 5.74) is 6.68. The number of allylic oxidation sites excluding steroid dienone is 4. The highest BCUT2D eigenvalue weighted by Gasteiger charge is 2.45. The number of piperidine rings is 1. The van der Waals surface area contributed by atoms with Gasteiger partial charge in [0, 0.05) is 55.4 Å². The molecule has 224 valence electrons. The fourth-order valence-electron chi connectivity index (χ4n) is 7.93. The number of dihydropyridines is 1. The number of carbonyl (C=O) groups excluding carboxylic acids is 1. The summed E-state index contributed by atoms with van der Waals surface area (Å²) in [5.74, 6) is 2.37. The Balaban J connectivity index is 1.27. The van der Waals surface area contributed by atoms with E-state index in [4.69, 9.17) is 9.98 Å². The van der Waals surface area contributed by atoms with Crippen LogP contribution in [0.25, 0.3) is 0 Å². The van der Waals surface area contributed by atoms with E-state index in [1.54, 1.807) is 5.57 Å². The van der Waals surface area contributed by atoms with Gasteiger partial charge in [0.15, 0.2) is 0 Å². The Kier molecular flexibility index (Phi) is 10.5. The molecule has 5 atom stereocenters. The highest BCUT2D eigenvalue weighted by molar-refractivity contribution is 6.29. The van der Waals surface area contributed by atoms with Crippen molar-refractivity contribution < 1.29 is 4.79 Å². The number of aliphatic imine (C=N–C) groups is 3. The summed E-state index contributed by atoms with van der Waals surface area (Å²) in [6, 6.07) is 0.856. The van der Waals surface area contributed by atoms with Crippen molar-refractivity contribution >= 4 is 23.5 Å². The molecule has 2 aliphatic heterocycles. The van der Waals surface area contributed by atoms with E-state index in [0.717, 1.165) is 51.7 Å². The Hall–Kier alpha value is -2.30. The Morgan fingerprint density at radius 3 is 2.80 bits per heavy atom. The first-order valence-corrected chi connectivity index (χ1v) is 16.9. The molecule has 5 rings (SSSR count). The fraction of sp³-hybridized carbons (Fsp3) is 0.722. The Bertz CT molecular complexity index is 1120. The highest BCUT2D eigenvalue weighted by Crippen LogP contribution is 2.48. The largest absolute Gasteiger partial charge is 0.342 e. The van der Waals surface area contributed by atoms with E-state index >= 15 is 0 Å². The first-order valence-electron chi connectivity index (χ1n) is 16.9. The van der Waals surface area contributed by atoms with E-state index in [1.807, 2.05) is 0 Å². The van der Waals surface area contributed by atoms with Crippen LogP contribution in [0.1, 0.15) is 111 Å². The second-order valence-electron chi connectivity index (χ2n) is 13.5. The van der Waals surface area contributed by atoms with Gasteiger partial charge in [-0.1, -0.05) is 63.3 Å². The van der Waals surface area contributed by atoms with E-state index in [1.165, 1.54) is 67.5 Å². The lowest BCUT2D eigenvalue weighted by atomic mass is 9.63. The van der Waals surface area contributed by atoms with E-state index < -0.39 is 0 Å². The van der Waals surface area contributed by atoms with Crippen molar-refractivity contribution in [3.63, 3.8) is 0 Å². The molecule has 2 saturated carbocycles. The molecule has 2 heterocycles. The third-order valence-corrected chi connectivity index (χ3v) is 10.2. The van der Waals surface area contributed by atoms with Crippen molar-refractivity contribution in [1.82, 2.24) is 4.90 Å². The van der Waals surface area contributed by atoms with Gasteiger partial charge in [-0.3, -0.25) is 19.8 Å². The zero-order chi connectivity index (χ0) is 28.8. The zero-order valence-electron chi connectivity index (χ0n) is 26.3. The number of rotatable bonds is 9. The second-order valence-corrected chi connectivity index (χ2v) is 13.5. The highest BCUT2D eigenvalue weighted by atomic mass is 16.2. The summed E-state index contributed by atoms with van der Waals surface area (Å²) >= 11 is 0. The van der Waals surface area contributed by atoms with Gasteiger partial charge in [0.2, 0.25) is 5.91 Å². The monoisotopic (exact) mass is 558 g/mol. The normalized spacial score (nSPS) is 31.0. The van der Waals surface area contributed by atoms with Crippen LogP contribution >= 0.6 is 0 Å². The minimum Gasteiger partial charge on any atom is -0.342 e. The molecule has 1 saturated heterocycles. The van der Waals surface area contributed by atoms with Crippen molar-refractivity contribution in [3.8, 4) is 0 Å². The molecule has 5 aliphatic rings. The fourth-order valence-corrected chi connectivity index (χ4v) is 7.93. The molecular formula is C36H54N4O. The molecule has 5 nitrogen and oxygen atoms in total. The Labute approximate surface area is 249 Å². The van der Waals surface area contributed by atoms with Crippen molar-refractivity contribution in [1.29, 1.82) is 0 Å². The van der Waals surface area contributed by atoms with Crippen molar-refractivity contribution in [2.75, 3.05) is 19.6 Å². The van der Waals surface area contributed by atoms with E-state index in [9.17, 15) is 4.79 Å². The Morgan fingerprint density at radius 2 is 2.02 bits per heavy atom. The smallest absolute Gasteiger partial charge is 0.222 e. The summed E-state index contributed by atoms with van der Waals surface area (Å²) in [5, 5.41) is 0. The van der Waals surface area contributed by atoms with Crippen molar-refractivity contribution in [2.45, 2.75) is 123 Å². The van der Waals surface area contributed by atoms with Crippen LogP contribution in [0.15, 0.2) is 49.9 Å². The number of hydrogen-bond donors (Lipinski definition) is 0. The molecule has 0 radical (unpaired) electrons. The first-order chi connectivity index (χ1) is 19.9. The minimum absolute atomic E-state index is 0.295. The lowest BCUT2D eigenvalue weighted by Gasteiger charge is -2.46. The third kappa shape index (κ3) is 7.38. The standard InChI is InChI=1S/C36H54N4O/c1-5-19-37-23-25(2)21-26(3)28-12-11-20-40(24-28)34(41)18-17-32-36-30(35-27(4)22-33(35)39-32)15-9-10-16-31(36)38-29-13-7-6-8-14-29/h10,16,21,23,25,27-29,33,35H,5-9,11-15,17-20,22,24H2,1-4H3. The number of carbonyl (C=O) groups is 1. The van der Waals surface area contributed by atoms with Gasteiger partial charge < -0.3 is 4.90 Å². The molecule has 0 aromatic carbocycles. The third-order valence-electron chi connectivity index (χ3n) is 10.2. The van der Waals surface area contributed by atoms with Crippen LogP contribution in [0.5, 0.6) is 0 Å². The predicted octanol–water partition coefficient (Wildman–Crippen LogP) is 7.97. The molecule has 0 aromatic heterocycles. The quantitative estimate of drug-likeness (QED) is 0.209. The van der Waals surface area contributed by atoms with Crippen LogP contribution in [0.2, 0.25) is 0 Å². The van der Waals surface area contributed by atoms with Gasteiger partial charge in [-0.05, 0) is 82.6 Å². The van der Waals surface area contributed by atoms with Crippen LogP contribution < -0.4 is 0 Å². The number of nitrogens with zero attached hydrogens (tertiary/aromatic N) is 4. The van der Waals surface area contributed by atoms with Crippen molar-refractivity contribution in [2.24, 2.45) is 38.6 Å². The molecule has 5 unspecified atom stereocenters. The molecule has 0 spiro atoms. The summed E-state index contributed by atoms with van der Waals surface area (Å²) in [6.45, 7) is 11.6. The number of hydrogen-bond acceptors (Lipinski definition) is 4. The summed E-state index contributed by atoms with van der Waals surface area (Å²) in [7, 11) is 0. The summed E-state index contributed by atoms with van der Waals surface area (Å²) in [6.07, 6.45) is 23.4. The molecule has 3 aliphatic carbocycles. The van der Waals surface area contributed by atoms with Crippen molar-refractivity contribution in [3.05, 3.63) is 34.9 Å². The number of likely N-dealkylation sites (tertiary alicyclic amines) is 1. The number of amides is 1. The van der Waals surface area contributed by atoms with E-state index in [-0.39, 0.29) is 0 Å². The van der Waals surface area contributed by atoms with Gasteiger partial charge >= 0.3 is 0 Å². The topological polar surface area (TPSA) is 57.4 Å². The van der Waals surface area contributed by atoms with Gasteiger partial charge in [-0.2, -0.15) is 0 Å². The maximum Gasteiger partial charge on any atom is 0.222 e. The van der Waals surface area contributed by atoms with Gasteiger partial charge in [0.1, 0.15) is 0 Å². The summed E-state index contributed by atoms with van der Waals surface area (Å²) < 4.78 is 0. The molecule has 1 amide bonds. The second kappa shape index (κ2) is 14.2. The first kappa shape index (κ1) is 30.2. The average Bonchev–Trinajstić information content (AvgIpc) is 3.17. The molecule has 0 bridgehead atoms. The average molecular weight is 559 g/mol. The maximum atomic E-state index is 13.6. The van der Waals surface area contributed by atoms with Gasteiger partial charge in [0.25, 0.3) is 0 Å². The maximum absolute atomic E-state index is 13.6. The van der Waals surface area contributed by atoms with Crippen LogP contribution in [-0.2, 0) is 4.79 Å². The molecule has 0 N–H and O–H groups in total. The predicted molar refractivity (Wildman–Crippen MR) is 173 cm³/mol. The number of fused-ring (bicyclic) bond motifs is 2.